The first-order chi connectivity index (χ1) is 12.0. The van der Waals surface area contributed by atoms with E-state index in [4.69, 9.17) is 0 Å². The number of anilines is 3. The summed E-state index contributed by atoms with van der Waals surface area (Å²) >= 11 is 3.29. The maximum Gasteiger partial charge on any atom is 0.274 e. The fourth-order valence-corrected chi connectivity index (χ4v) is 2.51. The van der Waals surface area contributed by atoms with E-state index in [2.05, 4.69) is 36.2 Å². The van der Waals surface area contributed by atoms with Crippen molar-refractivity contribution in [1.29, 1.82) is 0 Å². The number of nitrogens with zero attached hydrogens (tertiary/aromatic N) is 4. The van der Waals surface area contributed by atoms with E-state index < -0.39 is 5.82 Å². The first-order valence-corrected chi connectivity index (χ1v) is 8.05. The summed E-state index contributed by atoms with van der Waals surface area (Å²) in [6, 6.07) is 7.65. The molecule has 1 N–H and O–H groups in total. The van der Waals surface area contributed by atoms with E-state index in [1.165, 1.54) is 30.7 Å². The van der Waals surface area contributed by atoms with Crippen molar-refractivity contribution in [1.82, 2.24) is 15.0 Å². The zero-order valence-corrected chi connectivity index (χ0v) is 14.7. The quantitative estimate of drug-likeness (QED) is 0.719. The molecule has 8 heteroatoms. The summed E-state index contributed by atoms with van der Waals surface area (Å²) in [6.45, 7) is 0. The zero-order valence-electron chi connectivity index (χ0n) is 13.1. The minimum Gasteiger partial charge on any atom is -0.340 e. The van der Waals surface area contributed by atoms with Crippen LogP contribution in [0.3, 0.4) is 0 Å². The maximum absolute atomic E-state index is 14.2. The van der Waals surface area contributed by atoms with Gasteiger partial charge in [0.25, 0.3) is 5.91 Å². The van der Waals surface area contributed by atoms with Gasteiger partial charge in [0.1, 0.15) is 17.8 Å². The lowest BCUT2D eigenvalue weighted by atomic mass is 10.2. The standard InChI is InChI=1S/C17H13BrFN5O/c1-24(13-8-20-10-21-9-13)16-7-12(2-3-14(16)19)23-17(25)15-6-11(18)4-5-22-15/h2-10H,1H3,(H,23,25). The van der Waals surface area contributed by atoms with Crippen molar-refractivity contribution in [3.8, 4) is 0 Å². The van der Waals surface area contributed by atoms with Crippen LogP contribution in [0, 0.1) is 5.82 Å². The number of hydrogen-bond donors (Lipinski definition) is 1. The average Bonchev–Trinajstić information content (AvgIpc) is 2.63. The van der Waals surface area contributed by atoms with Gasteiger partial charge >= 0.3 is 0 Å². The summed E-state index contributed by atoms with van der Waals surface area (Å²) in [5.41, 5.74) is 1.62. The Hall–Kier alpha value is -2.87. The monoisotopic (exact) mass is 401 g/mol. The highest BCUT2D eigenvalue weighted by Crippen LogP contribution is 2.28. The van der Waals surface area contributed by atoms with E-state index in [1.807, 2.05) is 0 Å². The van der Waals surface area contributed by atoms with E-state index in [9.17, 15) is 9.18 Å². The SMILES string of the molecule is CN(c1cncnc1)c1cc(NC(=O)c2cc(Br)ccn2)ccc1F. The Morgan fingerprint density at radius 1 is 1.20 bits per heavy atom. The molecule has 0 saturated carbocycles. The molecule has 0 aliphatic carbocycles. The Bertz CT molecular complexity index is 907. The number of halogens is 2. The van der Waals surface area contributed by atoms with Crippen LogP contribution in [0.4, 0.5) is 21.5 Å². The van der Waals surface area contributed by atoms with Crippen LogP contribution in [0.25, 0.3) is 0 Å². The topological polar surface area (TPSA) is 71.0 Å². The van der Waals surface area contributed by atoms with E-state index in [1.54, 1.807) is 36.5 Å². The molecule has 0 fully saturated rings. The molecule has 3 rings (SSSR count). The van der Waals surface area contributed by atoms with Gasteiger partial charge in [-0.1, -0.05) is 15.9 Å². The lowest BCUT2D eigenvalue weighted by Gasteiger charge is -2.20. The Balaban J connectivity index is 1.85. The van der Waals surface area contributed by atoms with Crippen LogP contribution >= 0.6 is 15.9 Å². The summed E-state index contributed by atoms with van der Waals surface area (Å²) in [4.78, 5) is 25.7. The molecule has 2 aromatic heterocycles. The van der Waals surface area contributed by atoms with Crippen molar-refractivity contribution in [2.45, 2.75) is 0 Å². The van der Waals surface area contributed by atoms with Crippen molar-refractivity contribution < 1.29 is 9.18 Å². The van der Waals surface area contributed by atoms with Gasteiger partial charge in [-0.3, -0.25) is 9.78 Å². The molecule has 2 heterocycles. The van der Waals surface area contributed by atoms with Gasteiger partial charge in [-0.25, -0.2) is 14.4 Å². The third-order valence-corrected chi connectivity index (χ3v) is 3.95. The lowest BCUT2D eigenvalue weighted by molar-refractivity contribution is 0.102. The lowest BCUT2D eigenvalue weighted by Crippen LogP contribution is -2.15. The fraction of sp³-hybridized carbons (Fsp3) is 0.0588. The van der Waals surface area contributed by atoms with Gasteiger partial charge in [-0.2, -0.15) is 0 Å². The van der Waals surface area contributed by atoms with Gasteiger partial charge < -0.3 is 10.2 Å². The predicted molar refractivity (Wildman–Crippen MR) is 96.4 cm³/mol. The minimum absolute atomic E-state index is 0.255. The van der Waals surface area contributed by atoms with Crippen LogP contribution in [-0.2, 0) is 0 Å². The molecule has 0 spiro atoms. The van der Waals surface area contributed by atoms with Crippen LogP contribution in [0.2, 0.25) is 0 Å². The van der Waals surface area contributed by atoms with Crippen LogP contribution in [0.5, 0.6) is 0 Å². The van der Waals surface area contributed by atoms with Gasteiger partial charge in [0, 0.05) is 23.4 Å². The Labute approximate surface area is 151 Å². The number of pyridine rings is 1. The van der Waals surface area contributed by atoms with E-state index in [0.717, 1.165) is 4.47 Å². The Morgan fingerprint density at radius 2 is 1.96 bits per heavy atom. The maximum atomic E-state index is 14.2. The van der Waals surface area contributed by atoms with E-state index >= 15 is 0 Å². The number of amides is 1. The Kier molecular flexibility index (Phi) is 4.99. The summed E-state index contributed by atoms with van der Waals surface area (Å²) in [5.74, 6) is -0.811. The molecule has 0 radical (unpaired) electrons. The second-order valence-electron chi connectivity index (χ2n) is 5.14. The number of aromatic nitrogens is 3. The second kappa shape index (κ2) is 7.35. The molecule has 25 heavy (non-hydrogen) atoms. The van der Waals surface area contributed by atoms with Crippen molar-refractivity contribution in [2.75, 3.05) is 17.3 Å². The third-order valence-electron chi connectivity index (χ3n) is 3.45. The van der Waals surface area contributed by atoms with Gasteiger partial charge in [0.05, 0.1) is 23.8 Å². The molecular weight excluding hydrogens is 389 g/mol. The zero-order chi connectivity index (χ0) is 17.8. The molecule has 126 valence electrons. The van der Waals surface area contributed by atoms with Crippen LogP contribution in [0.1, 0.15) is 10.5 Å². The van der Waals surface area contributed by atoms with Crippen molar-refractivity contribution in [2.24, 2.45) is 0 Å². The molecule has 1 amide bonds. The summed E-state index contributed by atoms with van der Waals surface area (Å²) in [6.07, 6.45) is 6.07. The van der Waals surface area contributed by atoms with E-state index in [-0.39, 0.29) is 17.3 Å². The highest BCUT2D eigenvalue weighted by Gasteiger charge is 2.13. The first-order valence-electron chi connectivity index (χ1n) is 7.26. The first kappa shape index (κ1) is 17.0. The summed E-state index contributed by atoms with van der Waals surface area (Å²) in [5, 5.41) is 2.71. The molecule has 0 atom stereocenters. The summed E-state index contributed by atoms with van der Waals surface area (Å²) < 4.78 is 15.0. The number of nitrogens with one attached hydrogen (secondary N) is 1. The molecule has 6 nitrogen and oxygen atoms in total. The smallest absolute Gasteiger partial charge is 0.274 e. The number of benzene rings is 1. The van der Waals surface area contributed by atoms with Gasteiger partial charge in [0.15, 0.2) is 0 Å². The van der Waals surface area contributed by atoms with Crippen LogP contribution in [0.15, 0.2) is 59.7 Å². The highest BCUT2D eigenvalue weighted by molar-refractivity contribution is 9.10. The molecule has 0 aliphatic rings. The predicted octanol–water partition coefficient (Wildman–Crippen LogP) is 3.79. The molecule has 3 aromatic rings. The van der Waals surface area contributed by atoms with Crippen molar-refractivity contribution >= 4 is 38.9 Å². The van der Waals surface area contributed by atoms with Crippen molar-refractivity contribution in [3.63, 3.8) is 0 Å². The number of carbonyl (C=O) groups excluding carboxylic acids is 1. The molecule has 0 saturated heterocycles. The largest absolute Gasteiger partial charge is 0.340 e. The highest BCUT2D eigenvalue weighted by atomic mass is 79.9. The molecule has 0 aliphatic heterocycles. The minimum atomic E-state index is -0.426. The average molecular weight is 402 g/mol. The number of hydrogen-bond acceptors (Lipinski definition) is 5. The van der Waals surface area contributed by atoms with Crippen molar-refractivity contribution in [3.05, 3.63) is 71.2 Å². The van der Waals surface area contributed by atoms with Gasteiger partial charge in [-0.05, 0) is 30.3 Å². The number of rotatable bonds is 4. The fourth-order valence-electron chi connectivity index (χ4n) is 2.18. The number of carbonyl (C=O) groups is 1. The summed E-state index contributed by atoms with van der Waals surface area (Å²) in [7, 11) is 1.69. The third kappa shape index (κ3) is 3.97. The van der Waals surface area contributed by atoms with Crippen LogP contribution in [-0.4, -0.2) is 27.9 Å². The van der Waals surface area contributed by atoms with Gasteiger partial charge in [0.2, 0.25) is 0 Å². The normalized spacial score (nSPS) is 10.4. The molecule has 0 unspecified atom stereocenters. The van der Waals surface area contributed by atoms with Gasteiger partial charge in [-0.15, -0.1) is 0 Å². The molecule has 1 aromatic carbocycles. The molecule has 0 bridgehead atoms. The molecular formula is C17H13BrFN5O. The Morgan fingerprint density at radius 3 is 2.68 bits per heavy atom. The second-order valence-corrected chi connectivity index (χ2v) is 6.05. The van der Waals surface area contributed by atoms with E-state index in [0.29, 0.717) is 11.4 Å². The van der Waals surface area contributed by atoms with Crippen LogP contribution < -0.4 is 10.2 Å².